The summed E-state index contributed by atoms with van der Waals surface area (Å²) in [5.41, 5.74) is 0. The van der Waals surface area contributed by atoms with Crippen LogP contribution in [0.25, 0.3) is 0 Å². The third-order valence-corrected chi connectivity index (χ3v) is 0. The van der Waals surface area contributed by atoms with Crippen molar-refractivity contribution in [3.63, 3.8) is 0 Å². The van der Waals surface area contributed by atoms with Crippen molar-refractivity contribution in [1.82, 2.24) is 0 Å². The van der Waals surface area contributed by atoms with Crippen molar-refractivity contribution in [2.45, 2.75) is 20.0 Å². The fourth-order valence-corrected chi connectivity index (χ4v) is 0. The SMILES string of the molecule is CC(C)O.[Li].[Nb]. The van der Waals surface area contributed by atoms with Crippen LogP contribution in [-0.2, 0) is 22.4 Å². The Hall–Kier alpha value is 1.30. The summed E-state index contributed by atoms with van der Waals surface area (Å²) in [7, 11) is 0. The van der Waals surface area contributed by atoms with Crippen LogP contribution in [0.1, 0.15) is 13.8 Å². The summed E-state index contributed by atoms with van der Waals surface area (Å²) in [5, 5.41) is 8.06. The van der Waals surface area contributed by atoms with Crippen molar-refractivity contribution in [3.8, 4) is 0 Å². The van der Waals surface area contributed by atoms with Gasteiger partial charge in [-0.15, -0.1) is 0 Å². The standard InChI is InChI=1S/C3H8O.Li.Nb/c1-3(2)4;;/h3-4H,1-2H3;;. The predicted octanol–water partition coefficient (Wildman–Crippen LogP) is 0.00380. The average molecular weight is 160 g/mol. The number of aliphatic hydroxyl groups excluding tert-OH is 1. The molecule has 0 amide bonds. The van der Waals surface area contributed by atoms with E-state index in [-0.39, 0.29) is 47.3 Å². The third kappa shape index (κ3) is 58.1. The molecule has 0 rings (SSSR count). The van der Waals surface area contributed by atoms with Crippen LogP contribution in [0, 0.1) is 0 Å². The van der Waals surface area contributed by atoms with E-state index in [1.54, 1.807) is 13.8 Å². The first kappa shape index (κ1) is 15.7. The van der Waals surface area contributed by atoms with Gasteiger partial charge in [-0.05, 0) is 13.8 Å². The molecule has 2 radical (unpaired) electrons. The Balaban J connectivity index is -0.0000000450. The van der Waals surface area contributed by atoms with Gasteiger partial charge in [0, 0.05) is 47.3 Å². The minimum atomic E-state index is -0.167. The smallest absolute Gasteiger partial charge is 0.0483 e. The average Bonchev–Trinajstić information content (AvgIpc) is 0.811. The first-order valence-electron chi connectivity index (χ1n) is 1.41. The summed E-state index contributed by atoms with van der Waals surface area (Å²) in [5.74, 6) is 0. The molecule has 0 aromatic heterocycles. The molecule has 0 aliphatic rings. The van der Waals surface area contributed by atoms with Crippen molar-refractivity contribution in [2.75, 3.05) is 0 Å². The molecule has 1 N–H and O–H groups in total. The second-order valence-corrected chi connectivity index (χ2v) is 1.09. The fraction of sp³-hybridized carbons (Fsp3) is 1.00. The molecule has 0 spiro atoms. The molecule has 0 fully saturated rings. The molecule has 1 nitrogen and oxygen atoms in total. The molecule has 0 unspecified atom stereocenters. The zero-order valence-corrected chi connectivity index (χ0v) is 6.67. The van der Waals surface area contributed by atoms with Gasteiger partial charge in [0.1, 0.15) is 0 Å². The first-order valence-corrected chi connectivity index (χ1v) is 1.41. The van der Waals surface area contributed by atoms with E-state index in [0.717, 1.165) is 0 Å². The predicted molar refractivity (Wildman–Crippen MR) is 23.1 cm³/mol. The summed E-state index contributed by atoms with van der Waals surface area (Å²) >= 11 is 0. The van der Waals surface area contributed by atoms with Gasteiger partial charge in [-0.25, -0.2) is 0 Å². The van der Waals surface area contributed by atoms with Crippen LogP contribution in [0.5, 0.6) is 0 Å². The van der Waals surface area contributed by atoms with E-state index in [2.05, 4.69) is 0 Å². The van der Waals surface area contributed by atoms with Crippen molar-refractivity contribution in [2.24, 2.45) is 0 Å². The Morgan fingerprint density at radius 2 is 1.33 bits per heavy atom. The number of rotatable bonds is 0. The topological polar surface area (TPSA) is 20.2 Å². The van der Waals surface area contributed by atoms with Gasteiger partial charge in [-0.3, -0.25) is 0 Å². The van der Waals surface area contributed by atoms with E-state index in [4.69, 9.17) is 5.11 Å². The Morgan fingerprint density at radius 1 is 1.33 bits per heavy atom. The second kappa shape index (κ2) is 9.57. The van der Waals surface area contributed by atoms with Crippen LogP contribution < -0.4 is 0 Å². The van der Waals surface area contributed by atoms with E-state index >= 15 is 0 Å². The summed E-state index contributed by atoms with van der Waals surface area (Å²) < 4.78 is 0. The Kier molecular flexibility index (Phi) is 25.0. The Labute approximate surface area is 66.2 Å². The van der Waals surface area contributed by atoms with Crippen LogP contribution in [0.15, 0.2) is 0 Å². The Morgan fingerprint density at radius 3 is 1.33 bits per heavy atom. The number of hydrogen-bond donors (Lipinski definition) is 1. The van der Waals surface area contributed by atoms with Crippen LogP contribution in [0.2, 0.25) is 0 Å². The van der Waals surface area contributed by atoms with E-state index in [0.29, 0.717) is 0 Å². The van der Waals surface area contributed by atoms with E-state index < -0.39 is 0 Å². The molecule has 0 heterocycles. The fourth-order valence-electron chi connectivity index (χ4n) is 0. The molecular formula is C3H8LiNbO. The zero-order valence-electron chi connectivity index (χ0n) is 4.47. The van der Waals surface area contributed by atoms with Crippen LogP contribution in [0.4, 0.5) is 0 Å². The van der Waals surface area contributed by atoms with Crippen molar-refractivity contribution in [1.29, 1.82) is 0 Å². The van der Waals surface area contributed by atoms with Crippen molar-refractivity contribution >= 4 is 18.9 Å². The Bertz CT molecular complexity index is 15.5. The molecule has 0 bridgehead atoms. The van der Waals surface area contributed by atoms with Crippen molar-refractivity contribution < 1.29 is 27.5 Å². The van der Waals surface area contributed by atoms with Crippen LogP contribution in [0.3, 0.4) is 0 Å². The maximum absolute atomic E-state index is 8.06. The number of aliphatic hydroxyl groups is 1. The van der Waals surface area contributed by atoms with Gasteiger partial charge in [0.2, 0.25) is 0 Å². The zero-order chi connectivity index (χ0) is 3.58. The molecule has 0 aromatic carbocycles. The molecular weight excluding hydrogens is 152 g/mol. The maximum atomic E-state index is 8.06. The van der Waals surface area contributed by atoms with Crippen molar-refractivity contribution in [3.05, 3.63) is 0 Å². The van der Waals surface area contributed by atoms with Gasteiger partial charge in [0.15, 0.2) is 0 Å². The molecule has 0 aromatic rings. The molecule has 32 valence electrons. The van der Waals surface area contributed by atoms with Crippen LogP contribution in [-0.4, -0.2) is 30.1 Å². The van der Waals surface area contributed by atoms with E-state index in [9.17, 15) is 0 Å². The molecule has 0 aliphatic carbocycles. The molecule has 0 aliphatic heterocycles. The van der Waals surface area contributed by atoms with Crippen LogP contribution >= 0.6 is 0 Å². The van der Waals surface area contributed by atoms with Gasteiger partial charge < -0.3 is 5.11 Å². The monoisotopic (exact) mass is 160 g/mol. The second-order valence-electron chi connectivity index (χ2n) is 1.09. The largest absolute Gasteiger partial charge is 0.394 e. The maximum Gasteiger partial charge on any atom is 0.0483 e. The van der Waals surface area contributed by atoms with E-state index in [1.807, 2.05) is 0 Å². The molecule has 0 saturated heterocycles. The number of hydrogen-bond acceptors (Lipinski definition) is 1. The van der Waals surface area contributed by atoms with Gasteiger partial charge in [-0.1, -0.05) is 0 Å². The van der Waals surface area contributed by atoms with Gasteiger partial charge >= 0.3 is 0 Å². The summed E-state index contributed by atoms with van der Waals surface area (Å²) in [6.45, 7) is 3.44. The van der Waals surface area contributed by atoms with E-state index in [1.165, 1.54) is 0 Å². The molecule has 0 saturated carbocycles. The quantitative estimate of drug-likeness (QED) is 0.494. The third-order valence-electron chi connectivity index (χ3n) is 0. The van der Waals surface area contributed by atoms with Gasteiger partial charge in [0.25, 0.3) is 0 Å². The summed E-state index contributed by atoms with van der Waals surface area (Å²) in [6.07, 6.45) is -0.167. The first-order chi connectivity index (χ1) is 1.73. The molecule has 0 atom stereocenters. The minimum Gasteiger partial charge on any atom is -0.394 e. The molecule has 6 heavy (non-hydrogen) atoms. The van der Waals surface area contributed by atoms with Gasteiger partial charge in [-0.2, -0.15) is 0 Å². The molecule has 3 heteroatoms. The minimum absolute atomic E-state index is 0. The van der Waals surface area contributed by atoms with Gasteiger partial charge in [0.05, 0.1) is 0 Å². The summed E-state index contributed by atoms with van der Waals surface area (Å²) in [6, 6.07) is 0. The normalized spacial score (nSPS) is 6.00. The summed E-state index contributed by atoms with van der Waals surface area (Å²) in [4.78, 5) is 0.